The summed E-state index contributed by atoms with van der Waals surface area (Å²) in [5, 5.41) is 7.74. The summed E-state index contributed by atoms with van der Waals surface area (Å²) in [7, 11) is 3.40. The second kappa shape index (κ2) is 11.0. The monoisotopic (exact) mass is 606 g/mol. The number of fused-ring (bicyclic) bond motifs is 1. The van der Waals surface area contributed by atoms with Crippen molar-refractivity contribution in [2.45, 2.75) is 24.4 Å². The zero-order valence-electron chi connectivity index (χ0n) is 20.2. The van der Waals surface area contributed by atoms with E-state index in [1.807, 2.05) is 24.3 Å². The molecule has 0 unspecified atom stereocenters. The predicted octanol–water partition coefficient (Wildman–Crippen LogP) is 8.20. The zero-order valence-corrected chi connectivity index (χ0v) is 23.3. The van der Waals surface area contributed by atoms with Gasteiger partial charge < -0.3 is 20.1 Å². The highest BCUT2D eigenvalue weighted by atomic mass is 79.9. The number of methoxy groups -OCH3 is 2. The number of hydrogen-bond acceptors (Lipinski definition) is 4. The Morgan fingerprint density at radius 2 is 1.47 bits per heavy atom. The van der Waals surface area contributed by atoms with Crippen molar-refractivity contribution in [2.75, 3.05) is 24.9 Å². The van der Waals surface area contributed by atoms with E-state index < -0.39 is 0 Å². The smallest absolute Gasteiger partial charge is 0.120 e. The van der Waals surface area contributed by atoms with Gasteiger partial charge in [-0.2, -0.15) is 0 Å². The highest BCUT2D eigenvalue weighted by molar-refractivity contribution is 9.10. The first-order chi connectivity index (χ1) is 17.6. The number of rotatable bonds is 7. The third-order valence-corrected chi connectivity index (χ3v) is 8.28. The maximum absolute atomic E-state index is 5.58. The molecule has 0 aromatic heterocycles. The van der Waals surface area contributed by atoms with Gasteiger partial charge in [-0.15, -0.1) is 0 Å². The Bertz CT molecular complexity index is 1360. The lowest BCUT2D eigenvalue weighted by Crippen LogP contribution is -2.40. The van der Waals surface area contributed by atoms with E-state index in [-0.39, 0.29) is 18.0 Å². The highest BCUT2D eigenvalue weighted by Gasteiger charge is 2.39. The van der Waals surface area contributed by atoms with E-state index in [9.17, 15) is 0 Å². The fourth-order valence-electron chi connectivity index (χ4n) is 5.05. The molecule has 0 spiro atoms. The first-order valence-corrected chi connectivity index (χ1v) is 13.5. The maximum Gasteiger partial charge on any atom is 0.120 e. The summed E-state index contributed by atoms with van der Waals surface area (Å²) in [5.41, 5.74) is 5.81. The molecule has 4 aromatic carbocycles. The fourth-order valence-corrected chi connectivity index (χ4v) is 6.05. The summed E-state index contributed by atoms with van der Waals surface area (Å²) >= 11 is 7.62. The van der Waals surface area contributed by atoms with E-state index in [4.69, 9.17) is 9.47 Å². The SMILES string of the molecule is COc1cccc(N[C@H]2c3ccc(OC)cc3N[C@@H](Cc3ccccc3Br)[C@@H]2c2ccccc2Br)c1. The minimum atomic E-state index is 0.00505. The van der Waals surface area contributed by atoms with Crippen molar-refractivity contribution < 1.29 is 9.47 Å². The van der Waals surface area contributed by atoms with Gasteiger partial charge in [-0.25, -0.2) is 0 Å². The van der Waals surface area contributed by atoms with Gasteiger partial charge in [0.05, 0.1) is 20.3 Å². The van der Waals surface area contributed by atoms with Gasteiger partial charge in [0, 0.05) is 44.4 Å². The van der Waals surface area contributed by atoms with Crippen LogP contribution in [0.4, 0.5) is 11.4 Å². The normalized spacial score (nSPS) is 18.6. The lowest BCUT2D eigenvalue weighted by Gasteiger charge is -2.42. The lowest BCUT2D eigenvalue weighted by atomic mass is 9.76. The number of benzene rings is 4. The van der Waals surface area contributed by atoms with Crippen LogP contribution < -0.4 is 20.1 Å². The predicted molar refractivity (Wildman–Crippen MR) is 154 cm³/mol. The summed E-state index contributed by atoms with van der Waals surface area (Å²) < 4.78 is 13.3. The second-order valence-corrected chi connectivity index (χ2v) is 10.6. The molecular weight excluding hydrogens is 580 g/mol. The summed E-state index contributed by atoms with van der Waals surface area (Å²) in [5.74, 6) is 1.78. The molecule has 1 heterocycles. The van der Waals surface area contributed by atoms with Gasteiger partial charge in [-0.05, 0) is 53.4 Å². The average molecular weight is 608 g/mol. The summed E-state index contributed by atoms with van der Waals surface area (Å²) in [6.07, 6.45) is 0.848. The minimum absolute atomic E-state index is 0.00505. The van der Waals surface area contributed by atoms with E-state index >= 15 is 0 Å². The standard InChI is InChI=1S/C30H28Br2N2O2/c1-35-21-10-7-9-20(17-21)33-30-24-15-14-22(36-2)18-27(24)34-28(16-19-8-3-5-12-25(19)31)29(30)23-11-4-6-13-26(23)32/h3-15,17-18,28-30,33-34H,16H2,1-2H3/t28-,29-,30-/m0/s1. The molecule has 0 saturated heterocycles. The number of hydrogen-bond donors (Lipinski definition) is 2. The van der Waals surface area contributed by atoms with Crippen LogP contribution >= 0.6 is 31.9 Å². The number of halogens is 2. The van der Waals surface area contributed by atoms with Crippen LogP contribution in [0.15, 0.2) is 99.9 Å². The van der Waals surface area contributed by atoms with Gasteiger partial charge in [-0.3, -0.25) is 0 Å². The summed E-state index contributed by atoms with van der Waals surface area (Å²) in [4.78, 5) is 0. The van der Waals surface area contributed by atoms with E-state index in [0.717, 1.165) is 38.2 Å². The molecule has 2 N–H and O–H groups in total. The van der Waals surface area contributed by atoms with Crippen molar-refractivity contribution in [1.82, 2.24) is 0 Å². The van der Waals surface area contributed by atoms with Crippen molar-refractivity contribution in [1.29, 1.82) is 0 Å². The van der Waals surface area contributed by atoms with Gasteiger partial charge in [0.1, 0.15) is 11.5 Å². The molecule has 5 rings (SSSR count). The molecule has 1 aliphatic heterocycles. The van der Waals surface area contributed by atoms with Gasteiger partial charge in [0.15, 0.2) is 0 Å². The molecule has 0 fully saturated rings. The zero-order chi connectivity index (χ0) is 25.1. The molecule has 6 heteroatoms. The van der Waals surface area contributed by atoms with Crippen LogP contribution in [-0.2, 0) is 6.42 Å². The van der Waals surface area contributed by atoms with Gasteiger partial charge in [0.2, 0.25) is 0 Å². The van der Waals surface area contributed by atoms with Crippen molar-refractivity contribution in [3.05, 3.63) is 117 Å². The van der Waals surface area contributed by atoms with Crippen molar-refractivity contribution >= 4 is 43.2 Å². The van der Waals surface area contributed by atoms with Crippen molar-refractivity contribution in [3.63, 3.8) is 0 Å². The molecule has 0 aliphatic carbocycles. The van der Waals surface area contributed by atoms with Crippen molar-refractivity contribution in [2.24, 2.45) is 0 Å². The van der Waals surface area contributed by atoms with Crippen LogP contribution in [0, 0.1) is 0 Å². The van der Waals surface area contributed by atoms with Gasteiger partial charge >= 0.3 is 0 Å². The Hall–Kier alpha value is -2.96. The average Bonchev–Trinajstić information content (AvgIpc) is 2.90. The Labute approximate surface area is 229 Å². The molecule has 4 nitrogen and oxygen atoms in total. The van der Waals surface area contributed by atoms with Crippen LogP contribution in [-0.4, -0.2) is 20.3 Å². The van der Waals surface area contributed by atoms with Crippen LogP contribution in [0.5, 0.6) is 11.5 Å². The molecule has 0 radical (unpaired) electrons. The maximum atomic E-state index is 5.58. The van der Waals surface area contributed by atoms with E-state index in [1.165, 1.54) is 16.7 Å². The van der Waals surface area contributed by atoms with E-state index in [2.05, 4.69) is 109 Å². The van der Waals surface area contributed by atoms with Crippen LogP contribution in [0.3, 0.4) is 0 Å². The fraction of sp³-hybridized carbons (Fsp3) is 0.200. The number of nitrogens with one attached hydrogen (secondary N) is 2. The molecule has 184 valence electrons. The number of anilines is 2. The second-order valence-electron chi connectivity index (χ2n) is 8.90. The molecule has 0 saturated carbocycles. The van der Waals surface area contributed by atoms with E-state index in [1.54, 1.807) is 14.2 Å². The Morgan fingerprint density at radius 3 is 2.22 bits per heavy atom. The van der Waals surface area contributed by atoms with Crippen LogP contribution in [0.1, 0.15) is 28.7 Å². The summed E-state index contributed by atoms with van der Waals surface area (Å²) in [6, 6.07) is 31.5. The molecule has 3 atom stereocenters. The Morgan fingerprint density at radius 1 is 0.750 bits per heavy atom. The quantitative estimate of drug-likeness (QED) is 0.222. The largest absolute Gasteiger partial charge is 0.497 e. The third-order valence-electron chi connectivity index (χ3n) is 6.78. The number of ether oxygens (including phenoxy) is 2. The molecular formula is C30H28Br2N2O2. The van der Waals surface area contributed by atoms with E-state index in [0.29, 0.717) is 0 Å². The Balaban J connectivity index is 1.66. The molecule has 0 amide bonds. The molecule has 1 aliphatic rings. The van der Waals surface area contributed by atoms with Crippen LogP contribution in [0.25, 0.3) is 0 Å². The van der Waals surface area contributed by atoms with Gasteiger partial charge in [0.25, 0.3) is 0 Å². The first kappa shape index (κ1) is 24.7. The first-order valence-electron chi connectivity index (χ1n) is 11.9. The lowest BCUT2D eigenvalue weighted by molar-refractivity contribution is 0.413. The topological polar surface area (TPSA) is 42.5 Å². The minimum Gasteiger partial charge on any atom is -0.497 e. The highest BCUT2D eigenvalue weighted by Crippen LogP contribution is 2.48. The third kappa shape index (κ3) is 5.11. The summed E-state index contributed by atoms with van der Waals surface area (Å²) in [6.45, 7) is 0. The Kier molecular flexibility index (Phi) is 7.54. The molecule has 0 bridgehead atoms. The molecule has 4 aromatic rings. The molecule has 36 heavy (non-hydrogen) atoms. The van der Waals surface area contributed by atoms with Crippen molar-refractivity contribution in [3.8, 4) is 11.5 Å². The van der Waals surface area contributed by atoms with Gasteiger partial charge in [-0.1, -0.05) is 80.4 Å². The van der Waals surface area contributed by atoms with Crippen LogP contribution in [0.2, 0.25) is 0 Å².